The Hall–Kier alpha value is -1.66. The van der Waals surface area contributed by atoms with Crippen LogP contribution in [0.2, 0.25) is 0 Å². The van der Waals surface area contributed by atoms with Gasteiger partial charge in [-0.3, -0.25) is 9.69 Å². The Balaban J connectivity index is 1.92. The van der Waals surface area contributed by atoms with Crippen molar-refractivity contribution in [1.29, 1.82) is 0 Å². The fourth-order valence-electron chi connectivity index (χ4n) is 2.33. The predicted octanol–water partition coefficient (Wildman–Crippen LogP) is 0.811. The van der Waals surface area contributed by atoms with Gasteiger partial charge in [0.15, 0.2) is 0 Å². The van der Waals surface area contributed by atoms with Gasteiger partial charge in [-0.25, -0.2) is 4.39 Å². The quantitative estimate of drug-likeness (QED) is 0.873. The van der Waals surface area contributed by atoms with Crippen LogP contribution in [0.25, 0.3) is 0 Å². The van der Waals surface area contributed by atoms with Crippen LogP contribution >= 0.6 is 0 Å². The molecule has 1 amide bonds. The van der Waals surface area contributed by atoms with Crippen molar-refractivity contribution < 1.29 is 13.9 Å². The average molecular weight is 295 g/mol. The fraction of sp³-hybridized carbons (Fsp3) is 0.533. The molecule has 0 spiro atoms. The summed E-state index contributed by atoms with van der Waals surface area (Å²) in [6, 6.07) is 4.30. The average Bonchev–Trinajstić information content (AvgIpc) is 2.52. The molecule has 0 saturated carbocycles. The molecule has 1 saturated heterocycles. The van der Waals surface area contributed by atoms with E-state index < -0.39 is 5.82 Å². The summed E-state index contributed by atoms with van der Waals surface area (Å²) in [5.41, 5.74) is 0.0820. The topological polar surface area (TPSA) is 44.8 Å². The number of likely N-dealkylation sites (N-methyl/N-ethyl adjacent to an activating group) is 1. The molecule has 0 unspecified atom stereocenters. The van der Waals surface area contributed by atoms with Crippen LogP contribution in [0.4, 0.5) is 4.39 Å². The first kappa shape index (κ1) is 15.7. The Morgan fingerprint density at radius 3 is 2.76 bits per heavy atom. The molecule has 1 N–H and O–H groups in total. The SMILES string of the molecule is COc1ccc(C(=O)N(C)CCN2CCNCC2)c(F)c1. The van der Waals surface area contributed by atoms with Gasteiger partial charge in [-0.15, -0.1) is 0 Å². The highest BCUT2D eigenvalue weighted by Crippen LogP contribution is 2.17. The number of carbonyl (C=O) groups is 1. The molecule has 5 nitrogen and oxygen atoms in total. The van der Waals surface area contributed by atoms with E-state index in [-0.39, 0.29) is 11.5 Å². The van der Waals surface area contributed by atoms with Crippen LogP contribution in [0.5, 0.6) is 5.75 Å². The van der Waals surface area contributed by atoms with Gasteiger partial charge in [0.1, 0.15) is 11.6 Å². The number of carbonyl (C=O) groups excluding carboxylic acids is 1. The van der Waals surface area contributed by atoms with Crippen molar-refractivity contribution in [1.82, 2.24) is 15.1 Å². The first-order valence-corrected chi connectivity index (χ1v) is 7.14. The lowest BCUT2D eigenvalue weighted by atomic mass is 10.1. The second-order valence-corrected chi connectivity index (χ2v) is 5.16. The third kappa shape index (κ3) is 4.15. The van der Waals surface area contributed by atoms with Crippen molar-refractivity contribution >= 4 is 5.91 Å². The highest BCUT2D eigenvalue weighted by atomic mass is 19.1. The van der Waals surface area contributed by atoms with Crippen LogP contribution in [0.15, 0.2) is 18.2 Å². The third-order valence-corrected chi connectivity index (χ3v) is 3.71. The molecule has 1 aromatic rings. The highest BCUT2D eigenvalue weighted by Gasteiger charge is 2.18. The minimum atomic E-state index is -0.548. The van der Waals surface area contributed by atoms with Crippen molar-refractivity contribution in [3.8, 4) is 5.75 Å². The predicted molar refractivity (Wildman–Crippen MR) is 79.2 cm³/mol. The van der Waals surface area contributed by atoms with Crippen molar-refractivity contribution in [2.75, 3.05) is 53.4 Å². The summed E-state index contributed by atoms with van der Waals surface area (Å²) in [6.07, 6.45) is 0. The molecule has 0 bridgehead atoms. The number of benzene rings is 1. The van der Waals surface area contributed by atoms with Gasteiger partial charge in [0, 0.05) is 52.4 Å². The van der Waals surface area contributed by atoms with Crippen LogP contribution in [-0.4, -0.2) is 69.1 Å². The maximum absolute atomic E-state index is 13.9. The molecule has 1 aromatic carbocycles. The summed E-state index contributed by atoms with van der Waals surface area (Å²) in [6.45, 7) is 5.32. The zero-order valence-electron chi connectivity index (χ0n) is 12.6. The van der Waals surface area contributed by atoms with E-state index in [1.807, 2.05) is 0 Å². The van der Waals surface area contributed by atoms with Crippen LogP contribution < -0.4 is 10.1 Å². The molecule has 0 atom stereocenters. The number of hydrogen-bond acceptors (Lipinski definition) is 4. The van der Waals surface area contributed by atoms with Gasteiger partial charge in [0.05, 0.1) is 12.7 Å². The molecule has 1 aliphatic rings. The molecule has 1 aliphatic heterocycles. The lowest BCUT2D eigenvalue weighted by Crippen LogP contribution is -2.46. The molecule has 0 aromatic heterocycles. The minimum Gasteiger partial charge on any atom is -0.497 e. The first-order valence-electron chi connectivity index (χ1n) is 7.14. The van der Waals surface area contributed by atoms with Gasteiger partial charge in [-0.1, -0.05) is 0 Å². The minimum absolute atomic E-state index is 0.0820. The molecular formula is C15H22FN3O2. The maximum Gasteiger partial charge on any atom is 0.256 e. The Bertz CT molecular complexity index is 490. The molecule has 21 heavy (non-hydrogen) atoms. The molecule has 1 heterocycles. The van der Waals surface area contributed by atoms with E-state index in [9.17, 15) is 9.18 Å². The second kappa shape index (κ2) is 7.38. The molecule has 2 rings (SSSR count). The second-order valence-electron chi connectivity index (χ2n) is 5.16. The summed E-state index contributed by atoms with van der Waals surface area (Å²) >= 11 is 0. The van der Waals surface area contributed by atoms with E-state index in [0.717, 1.165) is 32.7 Å². The zero-order valence-corrected chi connectivity index (χ0v) is 12.6. The molecular weight excluding hydrogens is 273 g/mol. The van der Waals surface area contributed by atoms with Gasteiger partial charge in [0.25, 0.3) is 5.91 Å². The molecule has 0 aliphatic carbocycles. The van der Waals surface area contributed by atoms with E-state index in [0.29, 0.717) is 12.3 Å². The molecule has 0 radical (unpaired) electrons. The van der Waals surface area contributed by atoms with Gasteiger partial charge >= 0.3 is 0 Å². The fourth-order valence-corrected chi connectivity index (χ4v) is 2.33. The van der Waals surface area contributed by atoms with E-state index >= 15 is 0 Å². The summed E-state index contributed by atoms with van der Waals surface area (Å²) in [5.74, 6) is -0.439. The molecule has 1 fully saturated rings. The van der Waals surface area contributed by atoms with Gasteiger partial charge in [0.2, 0.25) is 0 Å². The number of hydrogen-bond donors (Lipinski definition) is 1. The van der Waals surface area contributed by atoms with Crippen LogP contribution in [0, 0.1) is 5.82 Å². The Morgan fingerprint density at radius 2 is 2.14 bits per heavy atom. The number of halogens is 1. The Labute approximate surface area is 124 Å². The van der Waals surface area contributed by atoms with Crippen molar-refractivity contribution in [2.24, 2.45) is 0 Å². The third-order valence-electron chi connectivity index (χ3n) is 3.71. The molecule has 6 heteroatoms. The van der Waals surface area contributed by atoms with E-state index in [1.54, 1.807) is 18.0 Å². The number of rotatable bonds is 5. The number of amides is 1. The van der Waals surface area contributed by atoms with Gasteiger partial charge < -0.3 is 15.0 Å². The zero-order chi connectivity index (χ0) is 15.2. The summed E-state index contributed by atoms with van der Waals surface area (Å²) < 4.78 is 18.8. The number of nitrogens with zero attached hydrogens (tertiary/aromatic N) is 2. The van der Waals surface area contributed by atoms with Gasteiger partial charge in [-0.05, 0) is 12.1 Å². The monoisotopic (exact) mass is 295 g/mol. The smallest absolute Gasteiger partial charge is 0.256 e. The van der Waals surface area contributed by atoms with Crippen molar-refractivity contribution in [2.45, 2.75) is 0 Å². The Morgan fingerprint density at radius 1 is 1.43 bits per heavy atom. The van der Waals surface area contributed by atoms with Crippen LogP contribution in [-0.2, 0) is 0 Å². The number of piperazine rings is 1. The van der Waals surface area contributed by atoms with Crippen LogP contribution in [0.3, 0.4) is 0 Å². The van der Waals surface area contributed by atoms with Crippen molar-refractivity contribution in [3.05, 3.63) is 29.6 Å². The number of methoxy groups -OCH3 is 1. The summed E-state index contributed by atoms with van der Waals surface area (Å²) in [5, 5.41) is 3.29. The normalized spacial score (nSPS) is 15.8. The summed E-state index contributed by atoms with van der Waals surface area (Å²) in [4.78, 5) is 16.1. The number of ether oxygens (including phenoxy) is 1. The highest BCUT2D eigenvalue weighted by molar-refractivity contribution is 5.94. The van der Waals surface area contributed by atoms with E-state index in [2.05, 4.69) is 10.2 Å². The summed E-state index contributed by atoms with van der Waals surface area (Å²) in [7, 11) is 3.17. The number of nitrogens with one attached hydrogen (secondary N) is 1. The molecule has 116 valence electrons. The van der Waals surface area contributed by atoms with E-state index in [4.69, 9.17) is 4.74 Å². The van der Waals surface area contributed by atoms with Crippen LogP contribution in [0.1, 0.15) is 10.4 Å². The Kier molecular flexibility index (Phi) is 5.52. The maximum atomic E-state index is 13.9. The first-order chi connectivity index (χ1) is 10.1. The standard InChI is InChI=1S/C15H22FN3O2/c1-18(9-10-19-7-5-17-6-8-19)15(20)13-4-3-12(21-2)11-14(13)16/h3-4,11,17H,5-10H2,1-2H3. The largest absolute Gasteiger partial charge is 0.497 e. The van der Waals surface area contributed by atoms with Gasteiger partial charge in [-0.2, -0.15) is 0 Å². The lowest BCUT2D eigenvalue weighted by molar-refractivity contribution is 0.0770. The lowest BCUT2D eigenvalue weighted by Gasteiger charge is -2.29. The van der Waals surface area contributed by atoms with E-state index in [1.165, 1.54) is 19.2 Å². The van der Waals surface area contributed by atoms with Crippen molar-refractivity contribution in [3.63, 3.8) is 0 Å².